The number of ether oxygens (including phenoxy) is 1. The van der Waals surface area contributed by atoms with Gasteiger partial charge in [0.2, 0.25) is 0 Å². The van der Waals surface area contributed by atoms with Crippen molar-refractivity contribution in [3.8, 4) is 17.2 Å². The number of aromatic amines is 1. The third-order valence-electron chi connectivity index (χ3n) is 4.51. The Hall–Kier alpha value is -3.73. The van der Waals surface area contributed by atoms with Gasteiger partial charge >= 0.3 is 0 Å². The molecule has 5 nitrogen and oxygen atoms in total. The monoisotopic (exact) mass is 358 g/mol. The number of aromatic hydroxyl groups is 1. The van der Waals surface area contributed by atoms with Gasteiger partial charge in [0.1, 0.15) is 0 Å². The van der Waals surface area contributed by atoms with Crippen LogP contribution in [0.2, 0.25) is 0 Å². The van der Waals surface area contributed by atoms with Crippen molar-refractivity contribution in [1.82, 2.24) is 9.78 Å². The van der Waals surface area contributed by atoms with Gasteiger partial charge in [0.05, 0.1) is 23.4 Å². The number of phenols is 1. The average Bonchev–Trinajstić information content (AvgIpc) is 2.96. The first-order valence-corrected chi connectivity index (χ1v) is 8.45. The summed E-state index contributed by atoms with van der Waals surface area (Å²) in [6, 6.07) is 18.8. The molecule has 0 unspecified atom stereocenters. The average molecular weight is 358 g/mol. The fraction of sp³-hybridized carbons (Fsp3) is 0.0455. The number of aromatic nitrogens is 2. The molecule has 4 aromatic rings. The van der Waals surface area contributed by atoms with E-state index in [4.69, 9.17) is 4.74 Å². The topological polar surface area (TPSA) is 67.2 Å². The lowest BCUT2D eigenvalue weighted by Crippen LogP contribution is -2.33. The third-order valence-corrected chi connectivity index (χ3v) is 4.51. The summed E-state index contributed by atoms with van der Waals surface area (Å²) in [6.07, 6.45) is 1.69. The SMILES string of the molecule is C=c1[nH]n(-c2ccc3ccccc3c2)c(=O)/c1=C\c1ccc(OC)c(O)c1. The summed E-state index contributed by atoms with van der Waals surface area (Å²) < 4.78 is 6.52. The zero-order chi connectivity index (χ0) is 19.0. The Labute approximate surface area is 155 Å². The van der Waals surface area contributed by atoms with Gasteiger partial charge in [-0.15, -0.1) is 0 Å². The minimum Gasteiger partial charge on any atom is -0.504 e. The molecule has 134 valence electrons. The quantitative estimate of drug-likeness (QED) is 0.590. The molecule has 5 heteroatoms. The van der Waals surface area contributed by atoms with Crippen LogP contribution in [0.5, 0.6) is 11.5 Å². The molecule has 0 aliphatic carbocycles. The van der Waals surface area contributed by atoms with Crippen molar-refractivity contribution >= 4 is 23.4 Å². The Balaban J connectivity index is 1.85. The summed E-state index contributed by atoms with van der Waals surface area (Å²) in [6.45, 7) is 3.95. The second-order valence-corrected chi connectivity index (χ2v) is 6.25. The molecule has 27 heavy (non-hydrogen) atoms. The normalized spacial score (nSPS) is 11.8. The fourth-order valence-corrected chi connectivity index (χ4v) is 3.11. The maximum absolute atomic E-state index is 12.9. The number of nitrogens with one attached hydrogen (secondary N) is 1. The summed E-state index contributed by atoms with van der Waals surface area (Å²) in [5.41, 5.74) is 1.21. The molecule has 2 N–H and O–H groups in total. The second-order valence-electron chi connectivity index (χ2n) is 6.25. The van der Waals surface area contributed by atoms with Crippen LogP contribution >= 0.6 is 0 Å². The summed E-state index contributed by atoms with van der Waals surface area (Å²) in [5, 5.41) is 16.1. The van der Waals surface area contributed by atoms with Crippen LogP contribution in [0.4, 0.5) is 0 Å². The number of hydrogen-bond donors (Lipinski definition) is 2. The standard InChI is InChI=1S/C22H18N2O3/c1-14-19(11-15-7-10-21(27-2)20(25)12-15)22(26)24(23-14)18-9-8-16-5-3-4-6-17(16)13-18/h3-13,23,25H,1H2,2H3/b19-11-. The lowest BCUT2D eigenvalue weighted by Gasteiger charge is -2.03. The van der Waals surface area contributed by atoms with Gasteiger partial charge in [-0.1, -0.05) is 43.0 Å². The molecule has 1 heterocycles. The molecule has 0 radical (unpaired) electrons. The summed E-state index contributed by atoms with van der Waals surface area (Å²) in [7, 11) is 1.49. The number of benzene rings is 3. The highest BCUT2D eigenvalue weighted by Gasteiger charge is 2.07. The highest BCUT2D eigenvalue weighted by Crippen LogP contribution is 2.26. The van der Waals surface area contributed by atoms with Gasteiger partial charge in [0.15, 0.2) is 11.5 Å². The first-order valence-electron chi connectivity index (χ1n) is 8.45. The van der Waals surface area contributed by atoms with Gasteiger partial charge in [-0.25, -0.2) is 4.68 Å². The number of hydrogen-bond acceptors (Lipinski definition) is 3. The second kappa shape index (κ2) is 6.53. The maximum Gasteiger partial charge on any atom is 0.279 e. The maximum atomic E-state index is 12.9. The van der Waals surface area contributed by atoms with Crippen molar-refractivity contribution < 1.29 is 9.84 Å². The number of fused-ring (bicyclic) bond motifs is 1. The molecule has 1 aromatic heterocycles. The molecule has 0 amide bonds. The van der Waals surface area contributed by atoms with E-state index in [1.165, 1.54) is 11.8 Å². The van der Waals surface area contributed by atoms with E-state index in [0.29, 0.717) is 21.9 Å². The van der Waals surface area contributed by atoms with E-state index in [1.54, 1.807) is 24.3 Å². The van der Waals surface area contributed by atoms with E-state index in [0.717, 1.165) is 16.5 Å². The number of nitrogens with zero attached hydrogens (tertiary/aromatic N) is 1. The van der Waals surface area contributed by atoms with Gasteiger partial charge in [-0.05, 0) is 46.7 Å². The van der Waals surface area contributed by atoms with E-state index in [9.17, 15) is 9.90 Å². The molecule has 0 spiro atoms. The molecule has 0 saturated heterocycles. The predicted molar refractivity (Wildman–Crippen MR) is 107 cm³/mol. The Morgan fingerprint density at radius 2 is 1.85 bits per heavy atom. The van der Waals surface area contributed by atoms with Crippen molar-refractivity contribution in [1.29, 1.82) is 0 Å². The lowest BCUT2D eigenvalue weighted by molar-refractivity contribution is 0.373. The summed E-state index contributed by atoms with van der Waals surface area (Å²) in [4.78, 5) is 12.9. The van der Waals surface area contributed by atoms with Gasteiger partial charge in [-0.3, -0.25) is 9.89 Å². The van der Waals surface area contributed by atoms with E-state index in [2.05, 4.69) is 11.7 Å². The smallest absolute Gasteiger partial charge is 0.279 e. The van der Waals surface area contributed by atoms with Gasteiger partial charge in [0, 0.05) is 0 Å². The van der Waals surface area contributed by atoms with Crippen LogP contribution in [-0.4, -0.2) is 22.0 Å². The Kier molecular flexibility index (Phi) is 4.05. The molecule has 0 aliphatic heterocycles. The third kappa shape index (κ3) is 3.00. The molecule has 0 bridgehead atoms. The number of H-pyrrole nitrogens is 1. The number of phenolic OH excluding ortho intramolecular Hbond substituents is 1. The van der Waals surface area contributed by atoms with Crippen LogP contribution in [0.3, 0.4) is 0 Å². The van der Waals surface area contributed by atoms with Gasteiger partial charge < -0.3 is 9.84 Å². The first-order chi connectivity index (χ1) is 13.1. The highest BCUT2D eigenvalue weighted by atomic mass is 16.5. The fourth-order valence-electron chi connectivity index (χ4n) is 3.11. The van der Waals surface area contributed by atoms with Crippen LogP contribution in [0.15, 0.2) is 65.5 Å². The van der Waals surface area contributed by atoms with Crippen molar-refractivity contribution in [3.63, 3.8) is 0 Å². The van der Waals surface area contributed by atoms with Crippen LogP contribution < -0.4 is 20.9 Å². The Morgan fingerprint density at radius 3 is 2.59 bits per heavy atom. The molecule has 0 atom stereocenters. The van der Waals surface area contributed by atoms with Crippen LogP contribution in [0.1, 0.15) is 5.56 Å². The lowest BCUT2D eigenvalue weighted by atomic mass is 10.1. The van der Waals surface area contributed by atoms with Crippen molar-refractivity contribution in [2.75, 3.05) is 7.11 Å². The predicted octanol–water partition coefficient (Wildman–Crippen LogP) is 2.27. The summed E-state index contributed by atoms with van der Waals surface area (Å²) >= 11 is 0. The van der Waals surface area contributed by atoms with E-state index >= 15 is 0 Å². The van der Waals surface area contributed by atoms with Crippen molar-refractivity contribution in [2.24, 2.45) is 0 Å². The number of rotatable bonds is 3. The zero-order valence-corrected chi connectivity index (χ0v) is 14.8. The molecule has 3 aromatic carbocycles. The zero-order valence-electron chi connectivity index (χ0n) is 14.8. The van der Waals surface area contributed by atoms with E-state index < -0.39 is 0 Å². The molecule has 4 rings (SSSR count). The number of methoxy groups -OCH3 is 1. The molecule has 0 saturated carbocycles. The highest BCUT2D eigenvalue weighted by molar-refractivity contribution is 5.84. The Bertz CT molecular complexity index is 1320. The molecule has 0 fully saturated rings. The van der Waals surface area contributed by atoms with E-state index in [1.807, 2.05) is 42.5 Å². The first kappa shape index (κ1) is 16.7. The van der Waals surface area contributed by atoms with Crippen LogP contribution in [0.25, 0.3) is 29.1 Å². The van der Waals surface area contributed by atoms with Crippen LogP contribution in [-0.2, 0) is 0 Å². The Morgan fingerprint density at radius 1 is 1.07 bits per heavy atom. The summed E-state index contributed by atoms with van der Waals surface area (Å²) in [5.74, 6) is 0.395. The van der Waals surface area contributed by atoms with E-state index in [-0.39, 0.29) is 11.3 Å². The molecular weight excluding hydrogens is 340 g/mol. The van der Waals surface area contributed by atoms with Crippen molar-refractivity contribution in [2.45, 2.75) is 0 Å². The molecule has 0 aliphatic rings. The minimum atomic E-state index is -0.203. The van der Waals surface area contributed by atoms with Crippen molar-refractivity contribution in [3.05, 3.63) is 87.1 Å². The van der Waals surface area contributed by atoms with Gasteiger partial charge in [-0.2, -0.15) is 0 Å². The molecular formula is C22H18N2O3. The largest absolute Gasteiger partial charge is 0.504 e. The minimum absolute atomic E-state index is 0.0160. The van der Waals surface area contributed by atoms with Gasteiger partial charge in [0.25, 0.3) is 5.56 Å². The van der Waals surface area contributed by atoms with Crippen LogP contribution in [0, 0.1) is 0 Å².